The highest BCUT2D eigenvalue weighted by molar-refractivity contribution is 6.74. The summed E-state index contributed by atoms with van der Waals surface area (Å²) in [4.78, 5) is 13.3. The number of hydrogen-bond acceptors (Lipinski definition) is 7. The van der Waals surface area contributed by atoms with E-state index < -0.39 is 14.4 Å². The normalized spacial score (nSPS) is 30.2. The van der Waals surface area contributed by atoms with Crippen molar-refractivity contribution in [2.24, 2.45) is 0 Å². The van der Waals surface area contributed by atoms with E-state index in [1.807, 2.05) is 36.4 Å². The van der Waals surface area contributed by atoms with Gasteiger partial charge in [0.15, 0.2) is 14.1 Å². The summed E-state index contributed by atoms with van der Waals surface area (Å²) in [5.74, 6) is 0.0946. The van der Waals surface area contributed by atoms with Crippen LogP contribution in [0.5, 0.6) is 0 Å². The number of ketones is 1. The summed E-state index contributed by atoms with van der Waals surface area (Å²) in [6.07, 6.45) is 1.67. The van der Waals surface area contributed by atoms with Crippen molar-refractivity contribution in [3.8, 4) is 0 Å². The third-order valence-corrected chi connectivity index (χ3v) is 14.0. The lowest BCUT2D eigenvalue weighted by molar-refractivity contribution is -0.216. The van der Waals surface area contributed by atoms with Gasteiger partial charge in [0.1, 0.15) is 12.2 Å². The van der Waals surface area contributed by atoms with Gasteiger partial charge < -0.3 is 28.1 Å². The van der Waals surface area contributed by atoms with Crippen LogP contribution >= 0.6 is 0 Å². The van der Waals surface area contributed by atoms with Crippen LogP contribution in [0.3, 0.4) is 0 Å². The van der Waals surface area contributed by atoms with Crippen LogP contribution in [-0.2, 0) is 46.1 Å². The van der Waals surface area contributed by atoms with Crippen LogP contribution in [0.25, 0.3) is 0 Å². The molecule has 3 heterocycles. The van der Waals surface area contributed by atoms with E-state index in [1.165, 1.54) is 0 Å². The Morgan fingerprint density at radius 2 is 1.53 bits per heavy atom. The van der Waals surface area contributed by atoms with Crippen molar-refractivity contribution in [3.63, 3.8) is 0 Å². The lowest BCUT2D eigenvalue weighted by Gasteiger charge is -2.47. The Kier molecular flexibility index (Phi) is 10.9. The number of hydrogen-bond donors (Lipinski definition) is 0. The molecule has 3 aliphatic rings. The van der Waals surface area contributed by atoms with E-state index in [2.05, 4.69) is 58.1 Å². The second-order valence-corrected chi connectivity index (χ2v) is 18.6. The van der Waals surface area contributed by atoms with E-state index in [0.29, 0.717) is 45.7 Å². The fourth-order valence-electron chi connectivity index (χ4n) is 5.96. The first-order valence-electron chi connectivity index (χ1n) is 16.0. The molecule has 2 aromatic rings. The van der Waals surface area contributed by atoms with Gasteiger partial charge in [0.25, 0.3) is 0 Å². The van der Waals surface area contributed by atoms with Crippen molar-refractivity contribution in [1.29, 1.82) is 0 Å². The summed E-state index contributed by atoms with van der Waals surface area (Å²) in [6.45, 7) is 13.3. The van der Waals surface area contributed by atoms with Gasteiger partial charge in [-0.15, -0.1) is 0 Å². The van der Waals surface area contributed by atoms with E-state index in [1.54, 1.807) is 0 Å². The van der Waals surface area contributed by atoms with E-state index in [9.17, 15) is 4.79 Å². The predicted molar refractivity (Wildman–Crippen MR) is 168 cm³/mol. The van der Waals surface area contributed by atoms with Gasteiger partial charge in [0, 0.05) is 25.9 Å². The van der Waals surface area contributed by atoms with Crippen LogP contribution in [0.15, 0.2) is 60.7 Å². The molecule has 8 heteroatoms. The lowest BCUT2D eigenvalue weighted by atomic mass is 9.89. The Bertz CT molecular complexity index is 1150. The number of ether oxygens (including phenoxy) is 5. The summed E-state index contributed by atoms with van der Waals surface area (Å²) in [7, 11) is -2.17. The molecule has 3 fully saturated rings. The van der Waals surface area contributed by atoms with Crippen molar-refractivity contribution in [3.05, 3.63) is 71.8 Å². The maximum atomic E-state index is 13.3. The third-order valence-electron chi connectivity index (χ3n) is 9.52. The van der Waals surface area contributed by atoms with Gasteiger partial charge in [0.2, 0.25) is 0 Å². The van der Waals surface area contributed by atoms with E-state index in [-0.39, 0.29) is 47.4 Å². The zero-order valence-corrected chi connectivity index (χ0v) is 27.5. The number of carbonyl (C=O) groups excluding carboxylic acids is 1. The number of Topliss-reactive ketones (excluding diaryl/α,β-unsaturated/α-hetero) is 1. The van der Waals surface area contributed by atoms with Gasteiger partial charge in [-0.1, -0.05) is 81.4 Å². The second-order valence-electron chi connectivity index (χ2n) is 13.8. The smallest absolute Gasteiger partial charge is 0.192 e. The van der Waals surface area contributed by atoms with Gasteiger partial charge in [-0.25, -0.2) is 0 Å². The fraction of sp³-hybridized carbons (Fsp3) is 0.629. The summed E-state index contributed by atoms with van der Waals surface area (Å²) in [5, 5.41) is 0.0252. The van der Waals surface area contributed by atoms with Gasteiger partial charge in [-0.05, 0) is 42.1 Å². The minimum atomic E-state index is -2.17. The van der Waals surface area contributed by atoms with E-state index in [4.69, 9.17) is 28.1 Å². The molecule has 0 saturated carbocycles. The maximum absolute atomic E-state index is 13.3. The topological polar surface area (TPSA) is 72.5 Å². The standard InChI is InChI=1S/C35H50O7Si/c1-35(2,3)43(4,5)42-33-21-31(39-23-26-15-10-7-11-16-26)34(24-37-22-25-13-8-6-9-14-25)41-32(33)20-29-27(36)19-30-28(40-29)17-12-18-38-30/h6-11,13-16,28-34H,12,17-24H2,1-5H3/t28-,29+,30+,31-,32-,33+,34+/m0/s1. The summed E-state index contributed by atoms with van der Waals surface area (Å²) < 4.78 is 38.9. The van der Waals surface area contributed by atoms with Crippen molar-refractivity contribution in [2.75, 3.05) is 13.2 Å². The molecule has 7 nitrogen and oxygen atoms in total. The molecular weight excluding hydrogens is 560 g/mol. The van der Waals surface area contributed by atoms with Gasteiger partial charge >= 0.3 is 0 Å². The van der Waals surface area contributed by atoms with E-state index >= 15 is 0 Å². The summed E-state index contributed by atoms with van der Waals surface area (Å²) in [6, 6.07) is 20.4. The molecule has 0 spiro atoms. The van der Waals surface area contributed by atoms with Crippen LogP contribution in [0.2, 0.25) is 18.1 Å². The molecule has 0 amide bonds. The van der Waals surface area contributed by atoms with Gasteiger partial charge in [-0.3, -0.25) is 4.79 Å². The first-order valence-corrected chi connectivity index (χ1v) is 18.9. The third kappa shape index (κ3) is 8.63. The summed E-state index contributed by atoms with van der Waals surface area (Å²) in [5.41, 5.74) is 2.22. The Hall–Kier alpha value is -1.91. The molecular formula is C35H50O7Si. The number of carbonyl (C=O) groups is 1. The predicted octanol–water partition coefficient (Wildman–Crippen LogP) is 6.63. The maximum Gasteiger partial charge on any atom is 0.192 e. The molecule has 0 bridgehead atoms. The van der Waals surface area contributed by atoms with Gasteiger partial charge in [0.05, 0.1) is 50.3 Å². The molecule has 3 aliphatic heterocycles. The molecule has 0 N–H and O–H groups in total. The molecule has 7 atom stereocenters. The minimum Gasteiger partial charge on any atom is -0.411 e. The number of rotatable bonds is 11. The molecule has 0 aliphatic carbocycles. The highest BCUT2D eigenvalue weighted by Crippen LogP contribution is 2.41. The monoisotopic (exact) mass is 610 g/mol. The molecule has 0 radical (unpaired) electrons. The van der Waals surface area contributed by atoms with Crippen LogP contribution in [0.4, 0.5) is 0 Å². The minimum absolute atomic E-state index is 0.0252. The molecule has 3 saturated heterocycles. The molecule has 5 rings (SSSR count). The van der Waals surface area contributed by atoms with Crippen LogP contribution in [0, 0.1) is 0 Å². The fourth-order valence-corrected chi connectivity index (χ4v) is 7.32. The van der Waals surface area contributed by atoms with Gasteiger partial charge in [-0.2, -0.15) is 0 Å². The Balaban J connectivity index is 1.34. The van der Waals surface area contributed by atoms with Crippen LogP contribution in [-0.4, -0.2) is 70.0 Å². The van der Waals surface area contributed by atoms with Crippen molar-refractivity contribution in [2.45, 2.75) is 127 Å². The molecule has 0 unspecified atom stereocenters. The highest BCUT2D eigenvalue weighted by atomic mass is 28.4. The molecule has 236 valence electrons. The quantitative estimate of drug-likeness (QED) is 0.265. The van der Waals surface area contributed by atoms with E-state index in [0.717, 1.165) is 24.0 Å². The Morgan fingerprint density at radius 3 is 2.21 bits per heavy atom. The van der Waals surface area contributed by atoms with Crippen LogP contribution < -0.4 is 0 Å². The highest BCUT2D eigenvalue weighted by Gasteiger charge is 2.48. The largest absolute Gasteiger partial charge is 0.411 e. The molecule has 43 heavy (non-hydrogen) atoms. The first-order chi connectivity index (χ1) is 20.6. The Morgan fingerprint density at radius 1 is 0.860 bits per heavy atom. The van der Waals surface area contributed by atoms with Crippen molar-refractivity contribution in [1.82, 2.24) is 0 Å². The van der Waals surface area contributed by atoms with Crippen molar-refractivity contribution < 1.29 is 32.9 Å². The number of fused-ring (bicyclic) bond motifs is 1. The first kappa shape index (κ1) is 32.5. The Labute approximate surface area is 258 Å². The number of benzene rings is 2. The zero-order valence-electron chi connectivity index (χ0n) is 26.5. The average Bonchev–Trinajstić information content (AvgIpc) is 2.98. The van der Waals surface area contributed by atoms with Crippen LogP contribution in [0.1, 0.15) is 64.0 Å². The molecule has 2 aromatic carbocycles. The average molecular weight is 611 g/mol. The summed E-state index contributed by atoms with van der Waals surface area (Å²) >= 11 is 0. The lowest BCUT2D eigenvalue weighted by Crippen LogP contribution is -2.57. The SMILES string of the molecule is CC(C)(C)[Si](C)(C)O[C@@H]1C[C@H](OCc2ccccc2)[C@@H](COCc2ccccc2)O[C@H]1C[C@H]1O[C@H]2CCCO[C@@H]2CC1=O. The van der Waals surface area contributed by atoms with Crippen molar-refractivity contribution >= 4 is 14.1 Å². The zero-order chi connectivity index (χ0) is 30.5. The second kappa shape index (κ2) is 14.5. The molecule has 0 aromatic heterocycles.